The molecule has 0 aliphatic rings. The third kappa shape index (κ3) is 3.44. The van der Waals surface area contributed by atoms with Crippen molar-refractivity contribution in [1.29, 1.82) is 0 Å². The van der Waals surface area contributed by atoms with Crippen LogP contribution in [0.1, 0.15) is 11.1 Å². The van der Waals surface area contributed by atoms with E-state index in [4.69, 9.17) is 9.15 Å². The predicted molar refractivity (Wildman–Crippen MR) is 105 cm³/mol. The Kier molecular flexibility index (Phi) is 4.64. The Hall–Kier alpha value is -3.12. The number of furan rings is 1. The lowest BCUT2D eigenvalue weighted by atomic mass is 10.1. The number of fused-ring (bicyclic) bond motifs is 3. The maximum atomic E-state index is 10.3. The maximum Gasteiger partial charge on any atom is 0.196 e. The number of aliphatic hydroxyl groups is 1. The van der Waals surface area contributed by atoms with Gasteiger partial charge in [-0.1, -0.05) is 30.3 Å². The van der Waals surface area contributed by atoms with Crippen molar-refractivity contribution in [1.82, 2.24) is 9.97 Å². The standard InChI is InChI=1S/C21H21N3O3/c1-13-6-5-7-14(2)19(13)26-11-15(25)10-22-21-20-18(23-12-24-21)16-8-3-4-9-17(16)27-20/h3-9,12,15,25H,10-11H2,1-2H3,(H,22,23,24). The zero-order chi connectivity index (χ0) is 18.8. The number of nitrogens with one attached hydrogen (secondary N) is 1. The maximum absolute atomic E-state index is 10.3. The van der Waals surface area contributed by atoms with E-state index in [1.54, 1.807) is 0 Å². The zero-order valence-electron chi connectivity index (χ0n) is 15.3. The monoisotopic (exact) mass is 363 g/mol. The van der Waals surface area contributed by atoms with E-state index in [2.05, 4.69) is 15.3 Å². The highest BCUT2D eigenvalue weighted by molar-refractivity contribution is 6.05. The molecule has 1 unspecified atom stereocenters. The second-order valence-electron chi connectivity index (χ2n) is 6.56. The van der Waals surface area contributed by atoms with Crippen molar-refractivity contribution >= 4 is 27.9 Å². The molecule has 4 aromatic rings. The zero-order valence-corrected chi connectivity index (χ0v) is 15.3. The van der Waals surface area contributed by atoms with Gasteiger partial charge in [-0.25, -0.2) is 9.97 Å². The molecule has 6 heteroatoms. The smallest absolute Gasteiger partial charge is 0.196 e. The van der Waals surface area contributed by atoms with E-state index in [-0.39, 0.29) is 13.2 Å². The van der Waals surface area contributed by atoms with Crippen molar-refractivity contribution in [3.05, 3.63) is 59.9 Å². The van der Waals surface area contributed by atoms with Crippen LogP contribution < -0.4 is 10.1 Å². The topological polar surface area (TPSA) is 80.4 Å². The van der Waals surface area contributed by atoms with Gasteiger partial charge in [0, 0.05) is 11.9 Å². The highest BCUT2D eigenvalue weighted by atomic mass is 16.5. The molecule has 4 rings (SSSR count). The number of hydrogen-bond donors (Lipinski definition) is 2. The predicted octanol–water partition coefficient (Wildman–Crippen LogP) is 3.84. The van der Waals surface area contributed by atoms with Crippen LogP contribution in [0.15, 0.2) is 53.2 Å². The summed E-state index contributed by atoms with van der Waals surface area (Å²) in [5.41, 5.74) is 4.20. The minimum atomic E-state index is -0.696. The fourth-order valence-corrected chi connectivity index (χ4v) is 3.13. The van der Waals surface area contributed by atoms with Crippen LogP contribution in [-0.4, -0.2) is 34.3 Å². The van der Waals surface area contributed by atoms with Gasteiger partial charge >= 0.3 is 0 Å². The van der Waals surface area contributed by atoms with Crippen LogP contribution in [0.2, 0.25) is 0 Å². The highest BCUT2D eigenvalue weighted by Gasteiger charge is 2.14. The first kappa shape index (κ1) is 17.3. The summed E-state index contributed by atoms with van der Waals surface area (Å²) < 4.78 is 11.7. The van der Waals surface area contributed by atoms with Crippen LogP contribution >= 0.6 is 0 Å². The van der Waals surface area contributed by atoms with Gasteiger partial charge < -0.3 is 19.6 Å². The summed E-state index contributed by atoms with van der Waals surface area (Å²) in [5, 5.41) is 14.4. The lowest BCUT2D eigenvalue weighted by Crippen LogP contribution is -2.27. The number of anilines is 1. The van der Waals surface area contributed by atoms with Crippen molar-refractivity contribution in [2.75, 3.05) is 18.5 Å². The van der Waals surface area contributed by atoms with Crippen LogP contribution in [0.4, 0.5) is 5.82 Å². The Balaban J connectivity index is 1.45. The second-order valence-corrected chi connectivity index (χ2v) is 6.56. The number of benzene rings is 2. The molecule has 0 amide bonds. The normalized spacial score (nSPS) is 12.4. The SMILES string of the molecule is Cc1cccc(C)c1OCC(O)CNc1ncnc2c1oc1ccccc12. The van der Waals surface area contributed by atoms with Crippen molar-refractivity contribution in [2.24, 2.45) is 0 Å². The molecule has 0 bridgehead atoms. The van der Waals surface area contributed by atoms with Gasteiger partial charge in [-0.05, 0) is 37.1 Å². The Morgan fingerprint density at radius 1 is 1.07 bits per heavy atom. The van der Waals surface area contributed by atoms with Crippen molar-refractivity contribution in [2.45, 2.75) is 20.0 Å². The lowest BCUT2D eigenvalue weighted by molar-refractivity contribution is 0.116. The van der Waals surface area contributed by atoms with Crippen LogP contribution in [0.3, 0.4) is 0 Å². The lowest BCUT2D eigenvalue weighted by Gasteiger charge is -2.16. The number of nitrogens with zero attached hydrogens (tertiary/aromatic N) is 2. The van der Waals surface area contributed by atoms with E-state index < -0.39 is 6.10 Å². The van der Waals surface area contributed by atoms with Gasteiger partial charge in [0.05, 0.1) is 0 Å². The van der Waals surface area contributed by atoms with Gasteiger partial charge in [0.15, 0.2) is 11.4 Å². The number of rotatable bonds is 6. The van der Waals surface area contributed by atoms with Crippen LogP contribution in [0, 0.1) is 13.8 Å². The van der Waals surface area contributed by atoms with Gasteiger partial charge in [0.1, 0.15) is 35.9 Å². The molecule has 138 valence electrons. The molecule has 2 N–H and O–H groups in total. The van der Waals surface area contributed by atoms with E-state index in [0.717, 1.165) is 33.4 Å². The molecule has 2 heterocycles. The molecular weight excluding hydrogens is 342 g/mol. The fourth-order valence-electron chi connectivity index (χ4n) is 3.13. The summed E-state index contributed by atoms with van der Waals surface area (Å²) in [6.45, 7) is 4.46. The number of aromatic nitrogens is 2. The average molecular weight is 363 g/mol. The molecule has 1 atom stereocenters. The number of ether oxygens (including phenoxy) is 1. The molecule has 0 radical (unpaired) electrons. The largest absolute Gasteiger partial charge is 0.490 e. The Morgan fingerprint density at radius 3 is 2.67 bits per heavy atom. The fraction of sp³-hybridized carbons (Fsp3) is 0.238. The van der Waals surface area contributed by atoms with Gasteiger partial charge in [0.2, 0.25) is 0 Å². The summed E-state index contributed by atoms with van der Waals surface area (Å²) in [4.78, 5) is 8.57. The van der Waals surface area contributed by atoms with E-state index in [1.165, 1.54) is 6.33 Å². The Bertz CT molecular complexity index is 1070. The third-order valence-electron chi connectivity index (χ3n) is 4.49. The molecule has 0 saturated carbocycles. The molecule has 0 fully saturated rings. The average Bonchev–Trinajstić information content (AvgIpc) is 3.05. The third-order valence-corrected chi connectivity index (χ3v) is 4.49. The first-order valence-electron chi connectivity index (χ1n) is 8.86. The molecule has 27 heavy (non-hydrogen) atoms. The molecule has 2 aromatic heterocycles. The minimum Gasteiger partial charge on any atom is -0.490 e. The Labute approximate surface area is 156 Å². The van der Waals surface area contributed by atoms with Crippen LogP contribution in [-0.2, 0) is 0 Å². The van der Waals surface area contributed by atoms with Crippen LogP contribution in [0.25, 0.3) is 22.1 Å². The van der Waals surface area contributed by atoms with E-state index >= 15 is 0 Å². The molecular formula is C21H21N3O3. The minimum absolute atomic E-state index is 0.188. The quantitative estimate of drug-likeness (QED) is 0.542. The number of aryl methyl sites for hydroxylation is 2. The second kappa shape index (κ2) is 7.25. The summed E-state index contributed by atoms with van der Waals surface area (Å²) >= 11 is 0. The molecule has 0 saturated heterocycles. The number of para-hydroxylation sites is 2. The van der Waals surface area contributed by atoms with Gasteiger partial charge in [-0.15, -0.1) is 0 Å². The van der Waals surface area contributed by atoms with E-state index in [9.17, 15) is 5.11 Å². The molecule has 0 aliphatic heterocycles. The summed E-state index contributed by atoms with van der Waals surface area (Å²) in [6.07, 6.45) is 0.796. The molecule has 2 aromatic carbocycles. The van der Waals surface area contributed by atoms with Crippen LogP contribution in [0.5, 0.6) is 5.75 Å². The van der Waals surface area contributed by atoms with Crippen molar-refractivity contribution in [3.8, 4) is 5.75 Å². The van der Waals surface area contributed by atoms with Gasteiger partial charge in [-0.2, -0.15) is 0 Å². The first-order valence-corrected chi connectivity index (χ1v) is 8.86. The van der Waals surface area contributed by atoms with Crippen molar-refractivity contribution in [3.63, 3.8) is 0 Å². The molecule has 0 aliphatic carbocycles. The van der Waals surface area contributed by atoms with Gasteiger partial charge in [-0.3, -0.25) is 0 Å². The molecule has 6 nitrogen and oxygen atoms in total. The van der Waals surface area contributed by atoms with E-state index in [0.29, 0.717) is 11.4 Å². The number of aliphatic hydroxyl groups excluding tert-OH is 1. The number of hydrogen-bond acceptors (Lipinski definition) is 6. The summed E-state index contributed by atoms with van der Waals surface area (Å²) in [5.74, 6) is 1.38. The summed E-state index contributed by atoms with van der Waals surface area (Å²) in [6, 6.07) is 13.7. The first-order chi connectivity index (χ1) is 13.1. The highest BCUT2D eigenvalue weighted by Crippen LogP contribution is 2.30. The Morgan fingerprint density at radius 2 is 1.85 bits per heavy atom. The van der Waals surface area contributed by atoms with Gasteiger partial charge in [0.25, 0.3) is 0 Å². The molecule has 0 spiro atoms. The van der Waals surface area contributed by atoms with E-state index in [1.807, 2.05) is 56.3 Å². The van der Waals surface area contributed by atoms with Crippen molar-refractivity contribution < 1.29 is 14.3 Å². The summed E-state index contributed by atoms with van der Waals surface area (Å²) in [7, 11) is 0.